The summed E-state index contributed by atoms with van der Waals surface area (Å²) in [5, 5.41) is 14.2. The Morgan fingerprint density at radius 2 is 1.93 bits per heavy atom. The first-order chi connectivity index (χ1) is 14.4. The molecule has 0 aliphatic carbocycles. The van der Waals surface area contributed by atoms with Crippen molar-refractivity contribution in [2.75, 3.05) is 5.32 Å². The quantitative estimate of drug-likeness (QED) is 0.640. The first-order valence-corrected chi connectivity index (χ1v) is 9.37. The Hall–Kier alpha value is -3.59. The number of benzene rings is 2. The van der Waals surface area contributed by atoms with Gasteiger partial charge in [-0.15, -0.1) is 0 Å². The van der Waals surface area contributed by atoms with E-state index in [1.807, 2.05) is 0 Å². The zero-order valence-electron chi connectivity index (χ0n) is 15.8. The van der Waals surface area contributed by atoms with Gasteiger partial charge in [0.25, 0.3) is 11.8 Å². The molecule has 1 fully saturated rings. The topological polar surface area (TPSA) is 116 Å². The summed E-state index contributed by atoms with van der Waals surface area (Å²) < 4.78 is 14.2. The molecule has 0 spiro atoms. The Labute approximate surface area is 170 Å². The molecule has 2 aliphatic heterocycles. The highest BCUT2D eigenvalue weighted by molar-refractivity contribution is 6.25. The minimum absolute atomic E-state index is 0.0397. The van der Waals surface area contributed by atoms with Crippen LogP contribution in [0.4, 0.5) is 10.1 Å². The molecule has 3 N–H and O–H groups in total. The Kier molecular flexibility index (Phi) is 5.04. The monoisotopic (exact) mass is 411 g/mol. The number of aliphatic hydroxyl groups is 1. The summed E-state index contributed by atoms with van der Waals surface area (Å²) in [6.45, 7) is -0.225. The van der Waals surface area contributed by atoms with Crippen molar-refractivity contribution >= 4 is 29.3 Å². The number of anilines is 1. The molecule has 1 saturated heterocycles. The van der Waals surface area contributed by atoms with Crippen molar-refractivity contribution in [2.45, 2.75) is 32.0 Å². The molecule has 0 bridgehead atoms. The van der Waals surface area contributed by atoms with Crippen molar-refractivity contribution in [1.29, 1.82) is 0 Å². The summed E-state index contributed by atoms with van der Waals surface area (Å²) in [6, 6.07) is 7.97. The van der Waals surface area contributed by atoms with Crippen LogP contribution in [0, 0.1) is 5.82 Å². The van der Waals surface area contributed by atoms with Crippen LogP contribution in [0.15, 0.2) is 36.4 Å². The lowest BCUT2D eigenvalue weighted by Gasteiger charge is -2.27. The van der Waals surface area contributed by atoms with Crippen LogP contribution in [0.1, 0.15) is 44.7 Å². The van der Waals surface area contributed by atoms with E-state index in [1.165, 1.54) is 18.2 Å². The number of aliphatic hydroxyl groups excluding tert-OH is 1. The highest BCUT2D eigenvalue weighted by Gasteiger charge is 2.45. The zero-order chi connectivity index (χ0) is 21.4. The SMILES string of the molecule is O=C1CC[C@H](N2C(=O)c3cccc(NCc4ccc(CO)cc4F)c3C2=O)C(=O)N1. The molecule has 0 unspecified atom stereocenters. The van der Waals surface area contributed by atoms with E-state index in [0.29, 0.717) is 16.8 Å². The maximum absolute atomic E-state index is 14.2. The highest BCUT2D eigenvalue weighted by Crippen LogP contribution is 2.32. The van der Waals surface area contributed by atoms with Crippen LogP contribution >= 0.6 is 0 Å². The Morgan fingerprint density at radius 3 is 2.63 bits per heavy atom. The number of halogens is 1. The van der Waals surface area contributed by atoms with Gasteiger partial charge in [0.2, 0.25) is 11.8 Å². The van der Waals surface area contributed by atoms with E-state index >= 15 is 0 Å². The third kappa shape index (κ3) is 3.33. The normalized spacial score (nSPS) is 18.5. The van der Waals surface area contributed by atoms with Crippen molar-refractivity contribution in [2.24, 2.45) is 0 Å². The van der Waals surface area contributed by atoms with E-state index in [4.69, 9.17) is 5.11 Å². The third-order valence-corrected chi connectivity index (χ3v) is 5.24. The number of fused-ring (bicyclic) bond motifs is 1. The number of hydrogen-bond donors (Lipinski definition) is 3. The van der Waals surface area contributed by atoms with Crippen molar-refractivity contribution in [3.8, 4) is 0 Å². The third-order valence-electron chi connectivity index (χ3n) is 5.24. The average Bonchev–Trinajstić information content (AvgIpc) is 2.98. The largest absolute Gasteiger partial charge is 0.392 e. The summed E-state index contributed by atoms with van der Waals surface area (Å²) in [6.07, 6.45) is 0.110. The number of nitrogens with one attached hydrogen (secondary N) is 2. The maximum Gasteiger partial charge on any atom is 0.264 e. The molecule has 0 saturated carbocycles. The second-order valence-electron chi connectivity index (χ2n) is 7.11. The fourth-order valence-corrected chi connectivity index (χ4v) is 3.69. The molecule has 2 aromatic carbocycles. The predicted octanol–water partition coefficient (Wildman–Crippen LogP) is 1.33. The summed E-state index contributed by atoms with van der Waals surface area (Å²) in [7, 11) is 0. The molecule has 9 heteroatoms. The number of carbonyl (C=O) groups is 4. The van der Waals surface area contributed by atoms with Crippen LogP contribution in [0.25, 0.3) is 0 Å². The molecular formula is C21H18FN3O5. The molecule has 2 aromatic rings. The van der Waals surface area contributed by atoms with Gasteiger partial charge in [0, 0.05) is 24.2 Å². The minimum Gasteiger partial charge on any atom is -0.392 e. The van der Waals surface area contributed by atoms with Gasteiger partial charge in [-0.25, -0.2) is 4.39 Å². The molecule has 154 valence electrons. The van der Waals surface area contributed by atoms with Gasteiger partial charge in [-0.3, -0.25) is 29.4 Å². The van der Waals surface area contributed by atoms with Gasteiger partial charge in [-0.2, -0.15) is 0 Å². The number of hydrogen-bond acceptors (Lipinski definition) is 6. The van der Waals surface area contributed by atoms with E-state index in [-0.39, 0.29) is 37.1 Å². The standard InChI is InChI=1S/C21H18FN3O5/c22-14-8-11(10-26)4-5-12(14)9-23-15-3-1-2-13-18(15)21(30)25(20(13)29)16-6-7-17(27)24-19(16)28/h1-5,8,16,23,26H,6-7,9-10H2,(H,24,27,28)/t16-/m0/s1. The zero-order valence-corrected chi connectivity index (χ0v) is 15.8. The molecule has 8 nitrogen and oxygen atoms in total. The molecule has 2 heterocycles. The fraction of sp³-hybridized carbons (Fsp3) is 0.238. The summed E-state index contributed by atoms with van der Waals surface area (Å²) in [4.78, 5) is 50.3. The molecule has 1 atom stereocenters. The molecular weight excluding hydrogens is 393 g/mol. The van der Waals surface area contributed by atoms with Crippen molar-refractivity contribution in [1.82, 2.24) is 10.2 Å². The van der Waals surface area contributed by atoms with E-state index in [2.05, 4.69) is 10.6 Å². The second-order valence-corrected chi connectivity index (χ2v) is 7.11. The Bertz CT molecular complexity index is 1080. The van der Waals surface area contributed by atoms with Gasteiger partial charge in [0.15, 0.2) is 0 Å². The van der Waals surface area contributed by atoms with Crippen LogP contribution in [0.2, 0.25) is 0 Å². The Balaban J connectivity index is 1.59. The van der Waals surface area contributed by atoms with Gasteiger partial charge in [0.1, 0.15) is 11.9 Å². The van der Waals surface area contributed by atoms with Crippen molar-refractivity contribution in [3.63, 3.8) is 0 Å². The maximum atomic E-state index is 14.2. The predicted molar refractivity (Wildman–Crippen MR) is 103 cm³/mol. The molecule has 4 rings (SSSR count). The van der Waals surface area contributed by atoms with E-state index in [1.54, 1.807) is 18.2 Å². The molecule has 0 radical (unpaired) electrons. The lowest BCUT2D eigenvalue weighted by Crippen LogP contribution is -2.54. The summed E-state index contributed by atoms with van der Waals surface area (Å²) in [5.41, 5.74) is 1.36. The molecule has 30 heavy (non-hydrogen) atoms. The van der Waals surface area contributed by atoms with Gasteiger partial charge in [-0.05, 0) is 30.2 Å². The number of carbonyl (C=O) groups excluding carboxylic acids is 4. The van der Waals surface area contributed by atoms with Crippen LogP contribution in [-0.2, 0) is 22.7 Å². The van der Waals surface area contributed by atoms with Crippen molar-refractivity contribution in [3.05, 3.63) is 64.5 Å². The smallest absolute Gasteiger partial charge is 0.264 e. The van der Waals surface area contributed by atoms with E-state index in [0.717, 1.165) is 4.90 Å². The summed E-state index contributed by atoms with van der Waals surface area (Å²) >= 11 is 0. The average molecular weight is 411 g/mol. The molecule has 0 aromatic heterocycles. The van der Waals surface area contributed by atoms with Gasteiger partial charge in [0.05, 0.1) is 17.7 Å². The van der Waals surface area contributed by atoms with Crippen LogP contribution in [0.5, 0.6) is 0 Å². The van der Waals surface area contributed by atoms with Crippen LogP contribution in [0.3, 0.4) is 0 Å². The van der Waals surface area contributed by atoms with Crippen LogP contribution < -0.4 is 10.6 Å². The van der Waals surface area contributed by atoms with Crippen molar-refractivity contribution < 1.29 is 28.7 Å². The number of amides is 4. The van der Waals surface area contributed by atoms with Gasteiger partial charge < -0.3 is 10.4 Å². The first-order valence-electron chi connectivity index (χ1n) is 9.37. The highest BCUT2D eigenvalue weighted by atomic mass is 19.1. The van der Waals surface area contributed by atoms with Gasteiger partial charge in [-0.1, -0.05) is 18.2 Å². The molecule has 4 amide bonds. The minimum atomic E-state index is -1.05. The van der Waals surface area contributed by atoms with Gasteiger partial charge >= 0.3 is 0 Å². The lowest BCUT2D eigenvalue weighted by atomic mass is 10.0. The number of nitrogens with zero attached hydrogens (tertiary/aromatic N) is 1. The van der Waals surface area contributed by atoms with E-state index < -0.39 is 35.5 Å². The lowest BCUT2D eigenvalue weighted by molar-refractivity contribution is -0.136. The number of imide groups is 2. The Morgan fingerprint density at radius 1 is 1.13 bits per heavy atom. The fourth-order valence-electron chi connectivity index (χ4n) is 3.69. The second kappa shape index (κ2) is 7.68. The first kappa shape index (κ1) is 19.7. The number of piperidine rings is 1. The van der Waals surface area contributed by atoms with Crippen LogP contribution in [-0.4, -0.2) is 39.7 Å². The number of rotatable bonds is 5. The summed E-state index contributed by atoms with van der Waals surface area (Å²) in [5.74, 6) is -2.87. The van der Waals surface area contributed by atoms with E-state index in [9.17, 15) is 23.6 Å². The molecule has 2 aliphatic rings.